The van der Waals surface area contributed by atoms with Gasteiger partial charge >= 0.3 is 12.0 Å². The van der Waals surface area contributed by atoms with E-state index in [2.05, 4.69) is 20.6 Å². The first-order valence-corrected chi connectivity index (χ1v) is 11.5. The third kappa shape index (κ3) is 6.93. The topological polar surface area (TPSA) is 146 Å². The average molecular weight is 521 g/mol. The van der Waals surface area contributed by atoms with Crippen molar-refractivity contribution in [2.45, 2.75) is 13.0 Å². The van der Waals surface area contributed by atoms with E-state index in [4.69, 9.17) is 14.6 Å². The van der Waals surface area contributed by atoms with Crippen molar-refractivity contribution in [2.75, 3.05) is 23.8 Å². The van der Waals surface area contributed by atoms with Gasteiger partial charge in [0, 0.05) is 24.1 Å². The Bertz CT molecular complexity index is 1420. The van der Waals surface area contributed by atoms with E-state index >= 15 is 0 Å². The zero-order chi connectivity index (χ0) is 27.1. The Balaban J connectivity index is 1.36. The summed E-state index contributed by atoms with van der Waals surface area (Å²) in [5, 5.41) is 23.3. The Morgan fingerprint density at radius 3 is 2.61 bits per heavy atom. The van der Waals surface area contributed by atoms with Crippen molar-refractivity contribution < 1.29 is 33.7 Å². The second-order valence-electron chi connectivity index (χ2n) is 8.30. The van der Waals surface area contributed by atoms with E-state index in [1.54, 1.807) is 67.7 Å². The van der Waals surface area contributed by atoms with Gasteiger partial charge in [0.1, 0.15) is 30.0 Å². The lowest BCUT2D eigenvalue weighted by molar-refractivity contribution is 0.00934. The summed E-state index contributed by atoms with van der Waals surface area (Å²) >= 11 is 0. The highest BCUT2D eigenvalue weighted by atomic mass is 19.1. The molecule has 0 radical (unpaired) electrons. The third-order valence-corrected chi connectivity index (χ3v) is 5.26. The number of nitrogens with zero attached hydrogens (tertiary/aromatic N) is 1. The van der Waals surface area contributed by atoms with Gasteiger partial charge in [-0.05, 0) is 61.0 Å². The van der Waals surface area contributed by atoms with Gasteiger partial charge in [0.05, 0.1) is 29.2 Å². The summed E-state index contributed by atoms with van der Waals surface area (Å²) in [7, 11) is 0. The Morgan fingerprint density at radius 2 is 1.84 bits per heavy atom. The number of carbonyl (C=O) groups is 2. The molecule has 11 heteroatoms. The Labute approximate surface area is 217 Å². The van der Waals surface area contributed by atoms with Crippen molar-refractivity contribution in [3.63, 3.8) is 0 Å². The van der Waals surface area contributed by atoms with Crippen molar-refractivity contribution in [1.82, 2.24) is 9.97 Å². The standard InChI is InChI=1S/C27H25FN4O6/c1-16-2-7-22(28)23(10-16)32-27(36)31-18-3-5-20(6-4-18)38-21-8-9-29-25(12-21)24-11-17(13-30-24)26(35)37-15-19(34)14-33/h2-13,19,30,33-34H,14-15H2,1H3,(H2,31,32,36). The molecule has 0 aliphatic rings. The molecule has 0 aliphatic heterocycles. The van der Waals surface area contributed by atoms with Crippen LogP contribution in [0.4, 0.5) is 20.6 Å². The van der Waals surface area contributed by atoms with Crippen molar-refractivity contribution in [3.05, 3.63) is 90.0 Å². The van der Waals surface area contributed by atoms with Gasteiger partial charge in [0.2, 0.25) is 0 Å². The Hall–Kier alpha value is -4.74. The van der Waals surface area contributed by atoms with Crippen LogP contribution in [0.3, 0.4) is 0 Å². The monoisotopic (exact) mass is 520 g/mol. The fraction of sp³-hybridized carbons (Fsp3) is 0.148. The highest BCUT2D eigenvalue weighted by Gasteiger charge is 2.14. The van der Waals surface area contributed by atoms with Crippen LogP contribution in [-0.4, -0.2) is 51.5 Å². The summed E-state index contributed by atoms with van der Waals surface area (Å²) in [4.78, 5) is 31.6. The molecule has 2 aromatic heterocycles. The van der Waals surface area contributed by atoms with Gasteiger partial charge in [-0.25, -0.2) is 14.0 Å². The van der Waals surface area contributed by atoms with E-state index in [1.807, 2.05) is 0 Å². The van der Waals surface area contributed by atoms with Crippen LogP contribution in [0.5, 0.6) is 11.5 Å². The summed E-state index contributed by atoms with van der Waals surface area (Å²) in [5.74, 6) is -0.206. The van der Waals surface area contributed by atoms with Gasteiger partial charge in [-0.15, -0.1) is 0 Å². The highest BCUT2D eigenvalue weighted by Crippen LogP contribution is 2.27. The van der Waals surface area contributed by atoms with Crippen LogP contribution in [0, 0.1) is 12.7 Å². The molecule has 1 unspecified atom stereocenters. The van der Waals surface area contributed by atoms with Crippen LogP contribution in [0.15, 0.2) is 73.1 Å². The molecule has 0 bridgehead atoms. The number of nitrogens with one attached hydrogen (secondary N) is 3. The summed E-state index contributed by atoms with van der Waals surface area (Å²) in [6, 6.07) is 15.3. The minimum Gasteiger partial charge on any atom is -0.459 e. The quantitative estimate of drug-likeness (QED) is 0.205. The molecule has 0 fully saturated rings. The molecule has 0 aliphatic carbocycles. The largest absolute Gasteiger partial charge is 0.459 e. The van der Waals surface area contributed by atoms with Crippen LogP contribution in [-0.2, 0) is 4.74 Å². The van der Waals surface area contributed by atoms with Crippen LogP contribution >= 0.6 is 0 Å². The molecule has 2 aromatic carbocycles. The maximum atomic E-state index is 13.9. The lowest BCUT2D eigenvalue weighted by Crippen LogP contribution is -2.21. The third-order valence-electron chi connectivity index (χ3n) is 5.26. The SMILES string of the molecule is Cc1ccc(F)c(NC(=O)Nc2ccc(Oc3ccnc(-c4cc(C(=O)OCC(O)CO)c[nH]4)c3)cc2)c1. The van der Waals surface area contributed by atoms with Gasteiger partial charge in [0.15, 0.2) is 0 Å². The molecule has 0 saturated heterocycles. The zero-order valence-corrected chi connectivity index (χ0v) is 20.3. The molecule has 4 rings (SSSR count). The van der Waals surface area contributed by atoms with Crippen LogP contribution in [0.25, 0.3) is 11.4 Å². The van der Waals surface area contributed by atoms with E-state index in [-0.39, 0.29) is 17.9 Å². The molecule has 10 nitrogen and oxygen atoms in total. The lowest BCUT2D eigenvalue weighted by Gasteiger charge is -2.10. The molecule has 0 spiro atoms. The van der Waals surface area contributed by atoms with Gasteiger partial charge in [-0.1, -0.05) is 6.07 Å². The predicted molar refractivity (Wildman–Crippen MR) is 138 cm³/mol. The lowest BCUT2D eigenvalue weighted by atomic mass is 10.2. The minimum atomic E-state index is -1.14. The summed E-state index contributed by atoms with van der Waals surface area (Å²) in [6.45, 7) is 0.974. The average Bonchev–Trinajstić information content (AvgIpc) is 3.41. The number of anilines is 2. The van der Waals surface area contributed by atoms with Crippen molar-refractivity contribution in [1.29, 1.82) is 0 Å². The van der Waals surface area contributed by atoms with Crippen LogP contribution in [0.2, 0.25) is 0 Å². The van der Waals surface area contributed by atoms with Crippen molar-refractivity contribution >= 4 is 23.4 Å². The number of ether oxygens (including phenoxy) is 2. The van der Waals surface area contributed by atoms with Crippen LogP contribution in [0.1, 0.15) is 15.9 Å². The second kappa shape index (κ2) is 12.0. The second-order valence-corrected chi connectivity index (χ2v) is 8.30. The molecule has 1 atom stereocenters. The van der Waals surface area contributed by atoms with E-state index in [0.29, 0.717) is 28.6 Å². The van der Waals surface area contributed by atoms with Gasteiger partial charge in [-0.3, -0.25) is 4.98 Å². The fourth-order valence-corrected chi connectivity index (χ4v) is 3.35. The number of esters is 1. The normalized spacial score (nSPS) is 11.5. The summed E-state index contributed by atoms with van der Waals surface area (Å²) < 4.78 is 24.7. The smallest absolute Gasteiger partial charge is 0.339 e. The van der Waals surface area contributed by atoms with Gasteiger partial charge in [-0.2, -0.15) is 0 Å². The van der Waals surface area contributed by atoms with E-state index in [1.165, 1.54) is 12.3 Å². The van der Waals surface area contributed by atoms with Crippen LogP contribution < -0.4 is 15.4 Å². The van der Waals surface area contributed by atoms with E-state index in [0.717, 1.165) is 5.56 Å². The number of aliphatic hydroxyl groups is 2. The minimum absolute atomic E-state index is 0.0857. The highest BCUT2D eigenvalue weighted by molar-refractivity contribution is 5.99. The molecular formula is C27H25FN4O6. The summed E-state index contributed by atoms with van der Waals surface area (Å²) in [5.41, 5.74) is 2.67. The first-order valence-electron chi connectivity index (χ1n) is 11.5. The molecule has 38 heavy (non-hydrogen) atoms. The number of hydrogen-bond donors (Lipinski definition) is 5. The fourth-order valence-electron chi connectivity index (χ4n) is 3.35. The first kappa shape index (κ1) is 26.3. The number of amides is 2. The number of hydrogen-bond acceptors (Lipinski definition) is 7. The number of rotatable bonds is 9. The first-order chi connectivity index (χ1) is 18.3. The molecule has 196 valence electrons. The molecule has 4 aromatic rings. The number of aromatic nitrogens is 2. The molecule has 2 amide bonds. The molecule has 2 heterocycles. The number of H-pyrrole nitrogens is 1. The number of benzene rings is 2. The molecule has 5 N–H and O–H groups in total. The number of pyridine rings is 1. The van der Waals surface area contributed by atoms with E-state index in [9.17, 15) is 19.1 Å². The molecular weight excluding hydrogens is 495 g/mol. The van der Waals surface area contributed by atoms with Crippen molar-refractivity contribution in [3.8, 4) is 22.9 Å². The number of aliphatic hydroxyl groups excluding tert-OH is 2. The van der Waals surface area contributed by atoms with E-state index < -0.39 is 30.5 Å². The Morgan fingerprint density at radius 1 is 1.05 bits per heavy atom. The number of aromatic amines is 1. The maximum absolute atomic E-state index is 13.9. The number of urea groups is 1. The number of aryl methyl sites for hydroxylation is 1. The predicted octanol–water partition coefficient (Wildman–Crippen LogP) is 4.47. The van der Waals surface area contributed by atoms with Crippen molar-refractivity contribution in [2.24, 2.45) is 0 Å². The zero-order valence-electron chi connectivity index (χ0n) is 20.3. The van der Waals surface area contributed by atoms with Gasteiger partial charge in [0.25, 0.3) is 0 Å². The summed E-state index contributed by atoms with van der Waals surface area (Å²) in [6.07, 6.45) is 1.86. The molecule has 0 saturated carbocycles. The maximum Gasteiger partial charge on any atom is 0.339 e. The van der Waals surface area contributed by atoms with Gasteiger partial charge < -0.3 is 35.3 Å². The number of halogens is 1. The Kier molecular flexibility index (Phi) is 8.31. The number of carbonyl (C=O) groups excluding carboxylic acids is 2.